The molecule has 0 saturated carbocycles. The van der Waals surface area contributed by atoms with Crippen LogP contribution in [0.15, 0.2) is 29.2 Å². The number of hydrogen-bond acceptors (Lipinski definition) is 2. The molecule has 1 rings (SSSR count). The molecule has 20 heavy (non-hydrogen) atoms. The van der Waals surface area contributed by atoms with Gasteiger partial charge in [-0.3, -0.25) is 4.79 Å². The normalized spacial score (nSPS) is 12.3. The number of carbonyl (C=O) groups excluding carboxylic acids is 1. The molecule has 0 aliphatic heterocycles. The molecule has 0 fully saturated rings. The first-order valence-electron chi connectivity index (χ1n) is 5.82. The first-order chi connectivity index (χ1) is 9.15. The average Bonchev–Trinajstić information content (AvgIpc) is 2.36. The fraction of sp³-hybridized carbons (Fsp3) is 0.462. The van der Waals surface area contributed by atoms with Crippen LogP contribution in [-0.2, 0) is 4.79 Å². The molecule has 1 N–H and O–H groups in total. The fourth-order valence-corrected chi connectivity index (χ4v) is 2.10. The van der Waals surface area contributed by atoms with Crippen LogP contribution in [0.25, 0.3) is 0 Å². The van der Waals surface area contributed by atoms with E-state index in [1.54, 1.807) is 38.1 Å². The lowest BCUT2D eigenvalue weighted by molar-refractivity contribution is -0.123. The van der Waals surface area contributed by atoms with Crippen LogP contribution in [0, 0.1) is 5.41 Å². The van der Waals surface area contributed by atoms with E-state index in [1.807, 2.05) is 0 Å². The molecule has 112 valence electrons. The molecule has 0 heterocycles. The van der Waals surface area contributed by atoms with Crippen LogP contribution >= 0.6 is 23.4 Å². The summed E-state index contributed by atoms with van der Waals surface area (Å²) in [7, 11) is 0. The molecular formula is C13H15ClF3NOS. The topological polar surface area (TPSA) is 29.1 Å². The lowest BCUT2D eigenvalue weighted by Gasteiger charge is -2.21. The molecule has 0 aromatic heterocycles. The summed E-state index contributed by atoms with van der Waals surface area (Å²) >= 11 is 6.34. The molecule has 0 saturated heterocycles. The minimum atomic E-state index is -4.25. The Bertz CT molecular complexity index is 477. The van der Waals surface area contributed by atoms with Crippen LogP contribution in [0.2, 0.25) is 0 Å². The molecule has 7 heteroatoms. The van der Waals surface area contributed by atoms with E-state index in [-0.39, 0.29) is 11.8 Å². The van der Waals surface area contributed by atoms with E-state index in [2.05, 4.69) is 5.32 Å². The maximum atomic E-state index is 12.3. The number of alkyl halides is 4. The summed E-state index contributed by atoms with van der Waals surface area (Å²) < 4.78 is 36.8. The number of anilines is 1. The second kappa shape index (κ2) is 6.72. The van der Waals surface area contributed by atoms with E-state index in [0.717, 1.165) is 0 Å². The van der Waals surface area contributed by atoms with Crippen molar-refractivity contribution in [2.45, 2.75) is 24.9 Å². The number of para-hydroxylation sites is 1. The van der Waals surface area contributed by atoms with Gasteiger partial charge in [0.05, 0.1) is 16.9 Å². The Hall–Kier alpha value is -0.880. The number of amides is 1. The van der Waals surface area contributed by atoms with Crippen molar-refractivity contribution in [3.63, 3.8) is 0 Å². The quantitative estimate of drug-likeness (QED) is 0.636. The van der Waals surface area contributed by atoms with Crippen LogP contribution in [-0.4, -0.2) is 23.7 Å². The molecule has 2 nitrogen and oxygen atoms in total. The molecule has 1 aromatic carbocycles. The number of nitrogens with one attached hydrogen (secondary N) is 1. The number of thioether (sulfide) groups is 1. The second-order valence-corrected chi connectivity index (χ2v) is 6.16. The lowest BCUT2D eigenvalue weighted by Crippen LogP contribution is -2.32. The van der Waals surface area contributed by atoms with Crippen LogP contribution in [0.1, 0.15) is 13.8 Å². The van der Waals surface area contributed by atoms with E-state index < -0.39 is 17.3 Å². The molecule has 0 aliphatic carbocycles. The Labute approximate surface area is 125 Å². The van der Waals surface area contributed by atoms with Crippen molar-refractivity contribution in [1.82, 2.24) is 0 Å². The second-order valence-electron chi connectivity index (χ2n) is 4.87. The molecular weight excluding hydrogens is 311 g/mol. The highest BCUT2D eigenvalue weighted by atomic mass is 35.5. The van der Waals surface area contributed by atoms with Crippen molar-refractivity contribution in [3.8, 4) is 0 Å². The van der Waals surface area contributed by atoms with Crippen molar-refractivity contribution in [2.24, 2.45) is 5.41 Å². The zero-order valence-corrected chi connectivity index (χ0v) is 12.6. The Morgan fingerprint density at radius 1 is 1.30 bits per heavy atom. The SMILES string of the molecule is CC(C)(CCl)C(=O)Nc1ccccc1SCC(F)(F)F. The third-order valence-corrected chi connectivity index (χ3v) is 4.28. The van der Waals surface area contributed by atoms with Gasteiger partial charge in [0.1, 0.15) is 0 Å². The van der Waals surface area contributed by atoms with Gasteiger partial charge >= 0.3 is 6.18 Å². The third kappa shape index (κ3) is 5.25. The summed E-state index contributed by atoms with van der Waals surface area (Å²) in [6.45, 7) is 3.33. The standard InChI is InChI=1S/C13H15ClF3NOS/c1-12(2,7-14)11(19)18-9-5-3-4-6-10(9)20-8-13(15,16)17/h3-6H,7-8H2,1-2H3,(H,18,19). The zero-order valence-electron chi connectivity index (χ0n) is 11.1. The lowest BCUT2D eigenvalue weighted by atomic mass is 9.95. The van der Waals surface area contributed by atoms with Gasteiger partial charge in [-0.2, -0.15) is 13.2 Å². The highest BCUT2D eigenvalue weighted by Gasteiger charge is 2.29. The molecule has 0 atom stereocenters. The Balaban J connectivity index is 2.83. The maximum absolute atomic E-state index is 12.3. The summed E-state index contributed by atoms with van der Waals surface area (Å²) in [6, 6.07) is 6.39. The highest BCUT2D eigenvalue weighted by molar-refractivity contribution is 7.99. The van der Waals surface area contributed by atoms with Crippen LogP contribution < -0.4 is 5.32 Å². The average molecular weight is 326 g/mol. The van der Waals surface area contributed by atoms with Crippen LogP contribution in [0.5, 0.6) is 0 Å². The molecule has 0 bridgehead atoms. The summed E-state index contributed by atoms with van der Waals surface area (Å²) in [5.41, 5.74) is -0.423. The van der Waals surface area contributed by atoms with E-state index in [4.69, 9.17) is 11.6 Å². The highest BCUT2D eigenvalue weighted by Crippen LogP contribution is 2.33. The maximum Gasteiger partial charge on any atom is 0.398 e. The first-order valence-corrected chi connectivity index (χ1v) is 7.34. The molecule has 0 unspecified atom stereocenters. The fourth-order valence-electron chi connectivity index (χ4n) is 1.21. The van der Waals surface area contributed by atoms with Crippen molar-refractivity contribution in [1.29, 1.82) is 0 Å². The van der Waals surface area contributed by atoms with Crippen molar-refractivity contribution >= 4 is 35.0 Å². The monoisotopic (exact) mass is 325 g/mol. The number of benzene rings is 1. The minimum absolute atomic E-state index is 0.122. The van der Waals surface area contributed by atoms with E-state index in [1.165, 1.54) is 0 Å². The number of carbonyl (C=O) groups is 1. The first kappa shape index (κ1) is 17.2. The zero-order chi connectivity index (χ0) is 15.4. The smallest absolute Gasteiger partial charge is 0.325 e. The number of rotatable bonds is 5. The van der Waals surface area contributed by atoms with Gasteiger partial charge in [0.2, 0.25) is 5.91 Å². The molecule has 0 aliphatic rings. The summed E-state index contributed by atoms with van der Waals surface area (Å²) in [5.74, 6) is -1.21. The Kier molecular flexibility index (Phi) is 5.77. The third-order valence-electron chi connectivity index (χ3n) is 2.48. The van der Waals surface area contributed by atoms with Gasteiger partial charge in [0.25, 0.3) is 0 Å². The van der Waals surface area contributed by atoms with E-state index >= 15 is 0 Å². The summed E-state index contributed by atoms with van der Waals surface area (Å²) in [4.78, 5) is 12.4. The van der Waals surface area contributed by atoms with Crippen molar-refractivity contribution in [3.05, 3.63) is 24.3 Å². The van der Waals surface area contributed by atoms with Gasteiger partial charge < -0.3 is 5.32 Å². The molecule has 0 spiro atoms. The predicted molar refractivity (Wildman–Crippen MR) is 76.4 cm³/mol. The minimum Gasteiger partial charge on any atom is -0.325 e. The predicted octanol–water partition coefficient (Wildman–Crippen LogP) is 4.54. The summed E-state index contributed by atoms with van der Waals surface area (Å²) in [5, 5.41) is 2.63. The largest absolute Gasteiger partial charge is 0.398 e. The molecule has 1 aromatic rings. The van der Waals surface area contributed by atoms with Gasteiger partial charge in [0, 0.05) is 10.8 Å². The van der Waals surface area contributed by atoms with Crippen LogP contribution in [0.4, 0.5) is 18.9 Å². The van der Waals surface area contributed by atoms with Crippen LogP contribution in [0.3, 0.4) is 0 Å². The molecule has 1 amide bonds. The number of hydrogen-bond donors (Lipinski definition) is 1. The van der Waals surface area contributed by atoms with Gasteiger partial charge in [-0.25, -0.2) is 0 Å². The van der Waals surface area contributed by atoms with E-state index in [9.17, 15) is 18.0 Å². The van der Waals surface area contributed by atoms with Crippen molar-refractivity contribution < 1.29 is 18.0 Å². The van der Waals surface area contributed by atoms with Gasteiger partial charge in [-0.05, 0) is 26.0 Å². The molecule has 0 radical (unpaired) electrons. The van der Waals surface area contributed by atoms with Gasteiger partial charge in [-0.1, -0.05) is 12.1 Å². The Morgan fingerprint density at radius 2 is 1.90 bits per heavy atom. The number of halogens is 4. The van der Waals surface area contributed by atoms with E-state index in [0.29, 0.717) is 22.3 Å². The summed E-state index contributed by atoms with van der Waals surface area (Å²) in [6.07, 6.45) is -4.25. The Morgan fingerprint density at radius 3 is 2.45 bits per heavy atom. The van der Waals surface area contributed by atoms with Gasteiger partial charge in [0.15, 0.2) is 0 Å². The van der Waals surface area contributed by atoms with Crippen molar-refractivity contribution in [2.75, 3.05) is 16.9 Å². The van der Waals surface area contributed by atoms with Gasteiger partial charge in [-0.15, -0.1) is 23.4 Å².